The predicted molar refractivity (Wildman–Crippen MR) is 88.6 cm³/mol. The summed E-state index contributed by atoms with van der Waals surface area (Å²) in [7, 11) is 1.34. The lowest BCUT2D eigenvalue weighted by molar-refractivity contribution is 0.0562. The molecule has 0 atom stereocenters. The summed E-state index contributed by atoms with van der Waals surface area (Å²) in [5, 5.41) is 0.859. The highest BCUT2D eigenvalue weighted by atomic mass is 32.2. The number of esters is 1. The van der Waals surface area contributed by atoms with Crippen LogP contribution in [0.2, 0.25) is 0 Å². The summed E-state index contributed by atoms with van der Waals surface area (Å²) < 4.78 is 10.3. The van der Waals surface area contributed by atoms with E-state index in [9.17, 15) is 4.79 Å². The number of nitrogens with zero attached hydrogens (tertiary/aromatic N) is 2. The van der Waals surface area contributed by atoms with Crippen LogP contribution in [0.5, 0.6) is 0 Å². The number of furan rings is 1. The molecule has 118 valence electrons. The van der Waals surface area contributed by atoms with E-state index in [1.807, 2.05) is 44.2 Å². The van der Waals surface area contributed by atoms with Crippen LogP contribution in [0.15, 0.2) is 39.8 Å². The van der Waals surface area contributed by atoms with Crippen molar-refractivity contribution in [1.29, 1.82) is 0 Å². The number of carbonyl (C=O) groups excluding carboxylic acids is 1. The first-order valence-electron chi connectivity index (χ1n) is 7.12. The number of methoxy groups -OCH3 is 1. The van der Waals surface area contributed by atoms with E-state index in [0.29, 0.717) is 11.5 Å². The lowest BCUT2D eigenvalue weighted by Crippen LogP contribution is -2.00. The first-order chi connectivity index (χ1) is 11.1. The second-order valence-corrected chi connectivity index (χ2v) is 6.07. The van der Waals surface area contributed by atoms with Crippen LogP contribution in [0.4, 0.5) is 0 Å². The Morgan fingerprint density at radius 1 is 1.22 bits per heavy atom. The molecule has 0 aliphatic carbocycles. The highest BCUT2D eigenvalue weighted by Gasteiger charge is 2.16. The minimum atomic E-state index is -0.458. The van der Waals surface area contributed by atoms with Gasteiger partial charge in [0.25, 0.3) is 0 Å². The number of ether oxygens (including phenoxy) is 1. The number of fused-ring (bicyclic) bond motifs is 1. The fourth-order valence-corrected chi connectivity index (χ4v) is 3.10. The molecule has 1 aromatic carbocycles. The Kier molecular flexibility index (Phi) is 4.34. The fraction of sp³-hybridized carbons (Fsp3) is 0.235. The Morgan fingerprint density at radius 2 is 1.91 bits per heavy atom. The average Bonchev–Trinajstić information content (AvgIpc) is 2.93. The van der Waals surface area contributed by atoms with E-state index in [1.54, 1.807) is 0 Å². The monoisotopic (exact) mass is 328 g/mol. The molecule has 6 heteroatoms. The summed E-state index contributed by atoms with van der Waals surface area (Å²) in [5.74, 6) is 1.08. The molecule has 0 aliphatic heterocycles. The van der Waals surface area contributed by atoms with Gasteiger partial charge >= 0.3 is 5.97 Å². The molecule has 0 unspecified atom stereocenters. The van der Waals surface area contributed by atoms with Crippen molar-refractivity contribution in [1.82, 2.24) is 9.97 Å². The van der Waals surface area contributed by atoms with Gasteiger partial charge in [0.15, 0.2) is 0 Å². The van der Waals surface area contributed by atoms with E-state index in [1.165, 1.54) is 18.9 Å². The number of benzene rings is 1. The lowest BCUT2D eigenvalue weighted by atomic mass is 10.3. The summed E-state index contributed by atoms with van der Waals surface area (Å²) in [4.78, 5) is 20.8. The molecule has 0 saturated carbocycles. The number of hydrogen-bond donors (Lipinski definition) is 0. The normalized spacial score (nSPS) is 10.9. The zero-order valence-electron chi connectivity index (χ0n) is 13.1. The number of rotatable bonds is 4. The van der Waals surface area contributed by atoms with E-state index < -0.39 is 5.97 Å². The standard InChI is InChI=1S/C17H16N2O3S/c1-10-8-12(22-15(10)17(20)21-3)9-23-16-11(2)18-13-6-4-5-7-14(13)19-16/h4-8H,9H2,1-3H3. The minimum Gasteiger partial charge on any atom is -0.463 e. The maximum atomic E-state index is 11.6. The van der Waals surface area contributed by atoms with Crippen molar-refractivity contribution in [3.05, 3.63) is 53.1 Å². The topological polar surface area (TPSA) is 65.2 Å². The molecule has 3 rings (SSSR count). The van der Waals surface area contributed by atoms with Crippen LogP contribution in [-0.4, -0.2) is 23.0 Å². The van der Waals surface area contributed by atoms with Crippen molar-refractivity contribution in [2.75, 3.05) is 7.11 Å². The second kappa shape index (κ2) is 6.42. The van der Waals surface area contributed by atoms with Crippen LogP contribution in [0.3, 0.4) is 0 Å². The van der Waals surface area contributed by atoms with Gasteiger partial charge in [0.1, 0.15) is 10.8 Å². The van der Waals surface area contributed by atoms with Crippen molar-refractivity contribution in [3.8, 4) is 0 Å². The molecule has 2 heterocycles. The molecular formula is C17H16N2O3S. The third-order valence-corrected chi connectivity index (χ3v) is 4.48. The number of hydrogen-bond acceptors (Lipinski definition) is 6. The molecule has 0 fully saturated rings. The number of para-hydroxylation sites is 2. The molecule has 23 heavy (non-hydrogen) atoms. The molecule has 0 saturated heterocycles. The third-order valence-electron chi connectivity index (χ3n) is 3.39. The first-order valence-corrected chi connectivity index (χ1v) is 8.11. The van der Waals surface area contributed by atoms with Crippen LogP contribution in [0, 0.1) is 13.8 Å². The maximum absolute atomic E-state index is 11.6. The Morgan fingerprint density at radius 3 is 2.61 bits per heavy atom. The van der Waals surface area contributed by atoms with Gasteiger partial charge in [-0.3, -0.25) is 0 Å². The number of aryl methyl sites for hydroxylation is 2. The van der Waals surface area contributed by atoms with Gasteiger partial charge in [-0.25, -0.2) is 14.8 Å². The Hall–Kier alpha value is -2.34. The Labute approximate surface area is 138 Å². The minimum absolute atomic E-state index is 0.254. The summed E-state index contributed by atoms with van der Waals surface area (Å²) in [6, 6.07) is 9.63. The molecule has 2 aromatic heterocycles. The maximum Gasteiger partial charge on any atom is 0.374 e. The van der Waals surface area contributed by atoms with Crippen LogP contribution >= 0.6 is 11.8 Å². The third kappa shape index (κ3) is 3.22. The smallest absolute Gasteiger partial charge is 0.374 e. The van der Waals surface area contributed by atoms with Crippen molar-refractivity contribution in [3.63, 3.8) is 0 Å². The Balaban J connectivity index is 1.81. The van der Waals surface area contributed by atoms with Gasteiger partial charge in [0.05, 0.1) is 29.6 Å². The van der Waals surface area contributed by atoms with E-state index in [4.69, 9.17) is 9.15 Å². The molecule has 0 aliphatic rings. The van der Waals surface area contributed by atoms with Gasteiger partial charge in [-0.05, 0) is 32.0 Å². The van der Waals surface area contributed by atoms with Crippen LogP contribution in [-0.2, 0) is 10.5 Å². The summed E-state index contributed by atoms with van der Waals surface area (Å²) in [5.41, 5.74) is 3.40. The van der Waals surface area contributed by atoms with E-state index >= 15 is 0 Å². The summed E-state index contributed by atoms with van der Waals surface area (Å²) in [6.45, 7) is 3.76. The van der Waals surface area contributed by atoms with Crippen LogP contribution in [0.25, 0.3) is 11.0 Å². The van der Waals surface area contributed by atoms with Crippen LogP contribution in [0.1, 0.15) is 27.6 Å². The van der Waals surface area contributed by atoms with Crippen molar-refractivity contribution >= 4 is 28.8 Å². The predicted octanol–water partition coefficient (Wildman–Crippen LogP) is 3.92. The molecule has 0 N–H and O–H groups in total. The lowest BCUT2D eigenvalue weighted by Gasteiger charge is -2.05. The van der Waals surface area contributed by atoms with Gasteiger partial charge in [-0.15, -0.1) is 0 Å². The van der Waals surface area contributed by atoms with E-state index in [-0.39, 0.29) is 5.76 Å². The molecule has 0 spiro atoms. The molecule has 0 bridgehead atoms. The number of aromatic nitrogens is 2. The van der Waals surface area contributed by atoms with E-state index in [0.717, 1.165) is 27.3 Å². The van der Waals surface area contributed by atoms with Gasteiger partial charge < -0.3 is 9.15 Å². The molecule has 3 aromatic rings. The van der Waals surface area contributed by atoms with Gasteiger partial charge in [-0.1, -0.05) is 23.9 Å². The van der Waals surface area contributed by atoms with Crippen molar-refractivity contribution in [2.45, 2.75) is 24.6 Å². The quantitative estimate of drug-likeness (QED) is 0.534. The SMILES string of the molecule is COC(=O)c1oc(CSc2nc3ccccc3nc2C)cc1C. The number of carbonyl (C=O) groups is 1. The summed E-state index contributed by atoms with van der Waals surface area (Å²) >= 11 is 1.54. The van der Waals surface area contributed by atoms with Gasteiger partial charge in [-0.2, -0.15) is 0 Å². The van der Waals surface area contributed by atoms with Gasteiger partial charge in [0.2, 0.25) is 5.76 Å². The highest BCUT2D eigenvalue weighted by molar-refractivity contribution is 7.98. The van der Waals surface area contributed by atoms with Crippen molar-refractivity contribution < 1.29 is 13.9 Å². The zero-order valence-corrected chi connectivity index (χ0v) is 13.9. The highest BCUT2D eigenvalue weighted by Crippen LogP contribution is 2.27. The molecule has 0 amide bonds. The first kappa shape index (κ1) is 15.6. The fourth-order valence-electron chi connectivity index (χ4n) is 2.26. The molecule has 0 radical (unpaired) electrons. The van der Waals surface area contributed by atoms with Gasteiger partial charge in [0, 0.05) is 5.56 Å². The van der Waals surface area contributed by atoms with Crippen molar-refractivity contribution in [2.24, 2.45) is 0 Å². The van der Waals surface area contributed by atoms with E-state index in [2.05, 4.69) is 9.97 Å². The molecular weight excluding hydrogens is 312 g/mol. The largest absolute Gasteiger partial charge is 0.463 e. The number of thioether (sulfide) groups is 1. The van der Waals surface area contributed by atoms with Crippen LogP contribution < -0.4 is 0 Å². The average molecular weight is 328 g/mol. The summed E-state index contributed by atoms with van der Waals surface area (Å²) in [6.07, 6.45) is 0. The second-order valence-electron chi connectivity index (χ2n) is 5.11. The molecule has 5 nitrogen and oxygen atoms in total. The Bertz CT molecular complexity index is 873. The zero-order chi connectivity index (χ0) is 16.4.